The summed E-state index contributed by atoms with van der Waals surface area (Å²) in [5, 5.41) is 10.6. The summed E-state index contributed by atoms with van der Waals surface area (Å²) in [4.78, 5) is 2.28. The van der Waals surface area contributed by atoms with Crippen LogP contribution in [-0.2, 0) is 0 Å². The second-order valence-corrected chi connectivity index (χ2v) is 9.77. The first-order valence-corrected chi connectivity index (χ1v) is 12.4. The molecule has 2 aliphatic rings. The van der Waals surface area contributed by atoms with Crippen LogP contribution in [-0.4, -0.2) is 36.8 Å². The fourth-order valence-electron chi connectivity index (χ4n) is 5.17. The molecule has 4 atom stereocenters. The molecule has 0 heterocycles. The molecule has 0 aromatic heterocycles. The summed E-state index contributed by atoms with van der Waals surface area (Å²) in [6.07, 6.45) is 24.3. The van der Waals surface area contributed by atoms with Crippen molar-refractivity contribution in [1.29, 1.82) is 0 Å². The Labute approximate surface area is 181 Å². The molecule has 0 spiro atoms. The Morgan fingerprint density at radius 1 is 1.07 bits per heavy atom. The van der Waals surface area contributed by atoms with E-state index in [1.54, 1.807) is 11.1 Å². The molecule has 2 nitrogen and oxygen atoms in total. The van der Waals surface area contributed by atoms with E-state index in [0.29, 0.717) is 17.8 Å². The summed E-state index contributed by atoms with van der Waals surface area (Å²) < 4.78 is 0. The maximum absolute atomic E-state index is 10.6. The van der Waals surface area contributed by atoms with Gasteiger partial charge in [0.25, 0.3) is 0 Å². The monoisotopic (exact) mass is 401 g/mol. The Bertz CT molecular complexity index is 535. The Balaban J connectivity index is 1.83. The number of unbranched alkanes of at least 4 members (excludes halogenated alkanes) is 4. The molecule has 2 rings (SSSR count). The lowest BCUT2D eigenvalue weighted by atomic mass is 9.88. The SMILES string of the molecule is CCCCC(=C/C=C/[C@@H]1[C@H]2CC(CCCCCN(C)C)=C[C@H]2C[C@H]1O)CCCC. The van der Waals surface area contributed by atoms with Gasteiger partial charge >= 0.3 is 0 Å². The molecule has 0 aliphatic heterocycles. The van der Waals surface area contributed by atoms with E-state index in [9.17, 15) is 5.11 Å². The lowest BCUT2D eigenvalue weighted by Gasteiger charge is -2.18. The molecule has 0 bridgehead atoms. The van der Waals surface area contributed by atoms with Crippen LogP contribution in [0.5, 0.6) is 0 Å². The lowest BCUT2D eigenvalue weighted by molar-refractivity contribution is 0.141. The van der Waals surface area contributed by atoms with Crippen molar-refractivity contribution in [3.05, 3.63) is 35.5 Å². The second-order valence-electron chi connectivity index (χ2n) is 9.77. The normalized spacial score (nSPS) is 26.3. The minimum absolute atomic E-state index is 0.151. The van der Waals surface area contributed by atoms with Crippen LogP contribution in [0.3, 0.4) is 0 Å². The zero-order chi connectivity index (χ0) is 21.1. The van der Waals surface area contributed by atoms with Crippen molar-refractivity contribution in [2.24, 2.45) is 17.8 Å². The van der Waals surface area contributed by atoms with Crippen molar-refractivity contribution in [1.82, 2.24) is 4.90 Å². The molecular weight excluding hydrogens is 354 g/mol. The Morgan fingerprint density at radius 2 is 1.79 bits per heavy atom. The number of hydrogen-bond donors (Lipinski definition) is 1. The van der Waals surface area contributed by atoms with E-state index >= 15 is 0 Å². The van der Waals surface area contributed by atoms with Gasteiger partial charge in [-0.15, -0.1) is 0 Å². The maximum Gasteiger partial charge on any atom is 0.0611 e. The first kappa shape index (κ1) is 24.4. The van der Waals surface area contributed by atoms with Gasteiger partial charge < -0.3 is 10.0 Å². The number of fused-ring (bicyclic) bond motifs is 1. The lowest BCUT2D eigenvalue weighted by Crippen LogP contribution is -2.17. The molecule has 0 radical (unpaired) electrons. The van der Waals surface area contributed by atoms with Gasteiger partial charge in [0.2, 0.25) is 0 Å². The van der Waals surface area contributed by atoms with Crippen LogP contribution in [0.1, 0.15) is 90.9 Å². The van der Waals surface area contributed by atoms with E-state index in [4.69, 9.17) is 0 Å². The van der Waals surface area contributed by atoms with Crippen molar-refractivity contribution in [3.8, 4) is 0 Å². The number of allylic oxidation sites excluding steroid dienone is 5. The fraction of sp³-hybridized carbons (Fsp3) is 0.778. The third kappa shape index (κ3) is 8.42. The van der Waals surface area contributed by atoms with Crippen LogP contribution in [0.2, 0.25) is 0 Å². The molecule has 1 N–H and O–H groups in total. The van der Waals surface area contributed by atoms with Crippen molar-refractivity contribution < 1.29 is 5.11 Å². The number of nitrogens with zero attached hydrogens (tertiary/aromatic N) is 1. The summed E-state index contributed by atoms with van der Waals surface area (Å²) in [5.74, 6) is 1.60. The maximum atomic E-state index is 10.6. The fourth-order valence-corrected chi connectivity index (χ4v) is 5.17. The van der Waals surface area contributed by atoms with Gasteiger partial charge in [0.15, 0.2) is 0 Å². The van der Waals surface area contributed by atoms with Crippen LogP contribution in [0.25, 0.3) is 0 Å². The molecule has 166 valence electrons. The Kier molecular flexibility index (Phi) is 11.3. The van der Waals surface area contributed by atoms with Gasteiger partial charge in [-0.1, -0.05) is 68.6 Å². The average Bonchev–Trinajstić information content (AvgIpc) is 3.20. The van der Waals surface area contributed by atoms with Crippen molar-refractivity contribution in [2.75, 3.05) is 20.6 Å². The first-order chi connectivity index (χ1) is 14.0. The van der Waals surface area contributed by atoms with E-state index in [0.717, 1.165) is 6.42 Å². The van der Waals surface area contributed by atoms with E-state index in [-0.39, 0.29) is 6.10 Å². The number of hydrogen-bond acceptors (Lipinski definition) is 2. The molecule has 0 unspecified atom stereocenters. The average molecular weight is 402 g/mol. The van der Waals surface area contributed by atoms with Crippen LogP contribution < -0.4 is 0 Å². The van der Waals surface area contributed by atoms with Crippen LogP contribution in [0.4, 0.5) is 0 Å². The predicted octanol–water partition coefficient (Wildman–Crippen LogP) is 6.91. The summed E-state index contributed by atoms with van der Waals surface area (Å²) in [6.45, 7) is 5.75. The van der Waals surface area contributed by atoms with Crippen molar-refractivity contribution in [3.63, 3.8) is 0 Å². The zero-order valence-electron chi connectivity index (χ0n) is 19.7. The topological polar surface area (TPSA) is 23.5 Å². The highest BCUT2D eigenvalue weighted by Gasteiger charge is 2.42. The molecule has 1 saturated carbocycles. The summed E-state index contributed by atoms with van der Waals surface area (Å²) in [5.41, 5.74) is 3.26. The largest absolute Gasteiger partial charge is 0.392 e. The van der Waals surface area contributed by atoms with Gasteiger partial charge in [-0.25, -0.2) is 0 Å². The molecule has 0 saturated heterocycles. The third-order valence-electron chi connectivity index (χ3n) is 6.92. The van der Waals surface area contributed by atoms with Gasteiger partial charge in [0.05, 0.1) is 6.10 Å². The summed E-state index contributed by atoms with van der Waals surface area (Å²) in [7, 11) is 4.32. The van der Waals surface area contributed by atoms with Gasteiger partial charge in [0.1, 0.15) is 0 Å². The molecule has 29 heavy (non-hydrogen) atoms. The smallest absolute Gasteiger partial charge is 0.0611 e. The van der Waals surface area contributed by atoms with E-state index < -0.39 is 0 Å². The molecular formula is C27H47NO. The highest BCUT2D eigenvalue weighted by Crippen LogP contribution is 2.48. The highest BCUT2D eigenvalue weighted by atomic mass is 16.3. The summed E-state index contributed by atoms with van der Waals surface area (Å²) >= 11 is 0. The van der Waals surface area contributed by atoms with Gasteiger partial charge in [-0.05, 0) is 90.3 Å². The third-order valence-corrected chi connectivity index (χ3v) is 6.92. The summed E-state index contributed by atoms with van der Waals surface area (Å²) in [6, 6.07) is 0. The standard InChI is InChI=1S/C27H47NO/c1-5-7-13-22(14-8-6-2)16-12-17-25-26-20-23(19-24(26)21-27(25)29)15-10-9-11-18-28(3)4/h12,16-17,19,24-27,29H,5-11,13-15,18,20-21H2,1-4H3/b17-12+/t24-,25+,26-,27+/m0/s1. The molecule has 0 amide bonds. The van der Waals surface area contributed by atoms with Gasteiger partial charge in [-0.3, -0.25) is 0 Å². The molecule has 0 aromatic rings. The molecule has 2 heteroatoms. The highest BCUT2D eigenvalue weighted by molar-refractivity contribution is 5.22. The van der Waals surface area contributed by atoms with Crippen LogP contribution >= 0.6 is 0 Å². The van der Waals surface area contributed by atoms with Crippen molar-refractivity contribution in [2.45, 2.75) is 97.0 Å². The second kappa shape index (κ2) is 13.4. The predicted molar refractivity (Wildman–Crippen MR) is 127 cm³/mol. The molecule has 2 aliphatic carbocycles. The van der Waals surface area contributed by atoms with Gasteiger partial charge in [0, 0.05) is 5.92 Å². The number of rotatable bonds is 14. The first-order valence-electron chi connectivity index (χ1n) is 12.4. The Hall–Kier alpha value is -0.860. The van der Waals surface area contributed by atoms with Gasteiger partial charge in [-0.2, -0.15) is 0 Å². The van der Waals surface area contributed by atoms with E-state index in [1.807, 2.05) is 0 Å². The van der Waals surface area contributed by atoms with E-state index in [1.165, 1.54) is 77.2 Å². The zero-order valence-corrected chi connectivity index (χ0v) is 19.7. The van der Waals surface area contributed by atoms with Crippen molar-refractivity contribution >= 4 is 0 Å². The van der Waals surface area contributed by atoms with E-state index in [2.05, 4.69) is 57.1 Å². The minimum atomic E-state index is -0.151. The number of aliphatic hydroxyl groups is 1. The molecule has 0 aromatic carbocycles. The molecule has 1 fully saturated rings. The van der Waals surface area contributed by atoms with Crippen LogP contribution in [0.15, 0.2) is 35.5 Å². The minimum Gasteiger partial charge on any atom is -0.392 e. The quantitative estimate of drug-likeness (QED) is 0.194. The Morgan fingerprint density at radius 3 is 2.45 bits per heavy atom. The van der Waals surface area contributed by atoms with Crippen LogP contribution in [0, 0.1) is 17.8 Å². The number of aliphatic hydroxyl groups excluding tert-OH is 1.